The van der Waals surface area contributed by atoms with Gasteiger partial charge in [0, 0.05) is 22.7 Å². The smallest absolute Gasteiger partial charge is 0.339 e. The Morgan fingerprint density at radius 2 is 1.84 bits per heavy atom. The highest BCUT2D eigenvalue weighted by Gasteiger charge is 2.15. The van der Waals surface area contributed by atoms with Crippen LogP contribution >= 0.6 is 0 Å². The number of aromatic nitrogens is 1. The van der Waals surface area contributed by atoms with Crippen LogP contribution in [0.3, 0.4) is 0 Å². The molecule has 0 radical (unpaired) electrons. The predicted octanol–water partition coefficient (Wildman–Crippen LogP) is 2.88. The monoisotopic (exact) mass is 336 g/mol. The molecule has 0 aliphatic rings. The third kappa shape index (κ3) is 3.28. The van der Waals surface area contributed by atoms with E-state index in [0.717, 1.165) is 17.2 Å². The minimum absolute atomic E-state index is 0.0177. The predicted molar refractivity (Wildman–Crippen MR) is 93.7 cm³/mol. The Morgan fingerprint density at radius 1 is 1.12 bits per heavy atom. The lowest BCUT2D eigenvalue weighted by atomic mass is 10.2. The molecule has 2 aromatic carbocycles. The summed E-state index contributed by atoms with van der Waals surface area (Å²) in [7, 11) is 1.29. The molecule has 0 aliphatic carbocycles. The van der Waals surface area contributed by atoms with Gasteiger partial charge in [-0.05, 0) is 18.2 Å². The lowest BCUT2D eigenvalue weighted by molar-refractivity contribution is -0.116. The molecule has 3 aromatic rings. The van der Waals surface area contributed by atoms with Gasteiger partial charge in [-0.1, -0.05) is 30.3 Å². The Kier molecular flexibility index (Phi) is 4.61. The number of benzene rings is 2. The van der Waals surface area contributed by atoms with E-state index in [-0.39, 0.29) is 18.0 Å². The van der Waals surface area contributed by atoms with Gasteiger partial charge in [0.05, 0.1) is 18.4 Å². The number of ether oxygens (including phenoxy) is 1. The van der Waals surface area contributed by atoms with Crippen molar-refractivity contribution in [2.45, 2.75) is 6.54 Å². The fourth-order valence-electron chi connectivity index (χ4n) is 2.72. The van der Waals surface area contributed by atoms with Gasteiger partial charge in [-0.25, -0.2) is 4.79 Å². The zero-order valence-electron chi connectivity index (χ0n) is 13.6. The summed E-state index contributed by atoms with van der Waals surface area (Å²) in [4.78, 5) is 35.4. The number of nitrogens with zero attached hydrogens (tertiary/aromatic N) is 1. The lowest BCUT2D eigenvalue weighted by Gasteiger charge is -2.10. The highest BCUT2D eigenvalue weighted by Crippen LogP contribution is 2.21. The first-order chi connectivity index (χ1) is 12.1. The summed E-state index contributed by atoms with van der Waals surface area (Å²) in [5.41, 5.74) is 1.98. The molecule has 0 saturated carbocycles. The van der Waals surface area contributed by atoms with E-state index in [1.54, 1.807) is 35.0 Å². The van der Waals surface area contributed by atoms with Gasteiger partial charge in [-0.2, -0.15) is 0 Å². The van der Waals surface area contributed by atoms with Gasteiger partial charge in [-0.3, -0.25) is 9.59 Å². The number of anilines is 1. The van der Waals surface area contributed by atoms with Crippen molar-refractivity contribution in [3.8, 4) is 0 Å². The highest BCUT2D eigenvalue weighted by molar-refractivity contribution is 6.02. The SMILES string of the molecule is COC(=O)c1ccccc1NC(=O)Cn1cc(C=O)c2ccccc21. The molecule has 1 aromatic heterocycles. The van der Waals surface area contributed by atoms with Crippen molar-refractivity contribution in [3.05, 3.63) is 65.9 Å². The second-order valence-electron chi connectivity index (χ2n) is 5.43. The van der Waals surface area contributed by atoms with Crippen molar-refractivity contribution in [1.82, 2.24) is 4.57 Å². The van der Waals surface area contributed by atoms with Crippen molar-refractivity contribution in [3.63, 3.8) is 0 Å². The van der Waals surface area contributed by atoms with Gasteiger partial charge in [0.15, 0.2) is 6.29 Å². The number of nitrogens with one attached hydrogen (secondary N) is 1. The van der Waals surface area contributed by atoms with Crippen molar-refractivity contribution < 1.29 is 19.1 Å². The average molecular weight is 336 g/mol. The molecule has 126 valence electrons. The van der Waals surface area contributed by atoms with Crippen LogP contribution in [0.25, 0.3) is 10.9 Å². The fourth-order valence-corrected chi connectivity index (χ4v) is 2.72. The van der Waals surface area contributed by atoms with Crippen molar-refractivity contribution >= 4 is 34.8 Å². The summed E-state index contributed by atoms with van der Waals surface area (Å²) in [6.45, 7) is 0.0177. The Labute approximate surface area is 144 Å². The van der Waals surface area contributed by atoms with Gasteiger partial charge in [0.1, 0.15) is 6.54 Å². The summed E-state index contributed by atoms with van der Waals surface area (Å²) in [6.07, 6.45) is 2.41. The first kappa shape index (κ1) is 16.4. The fraction of sp³-hybridized carbons (Fsp3) is 0.105. The third-order valence-corrected chi connectivity index (χ3v) is 3.87. The summed E-state index contributed by atoms with van der Waals surface area (Å²) in [6, 6.07) is 14.0. The molecule has 0 fully saturated rings. The Balaban J connectivity index is 1.85. The minimum atomic E-state index is -0.523. The van der Waals surface area contributed by atoms with Crippen molar-refractivity contribution in [1.29, 1.82) is 0 Å². The summed E-state index contributed by atoms with van der Waals surface area (Å²) >= 11 is 0. The molecule has 0 spiro atoms. The van der Waals surface area contributed by atoms with Crippen LogP contribution in [0, 0.1) is 0 Å². The number of amides is 1. The summed E-state index contributed by atoms with van der Waals surface area (Å²) in [5.74, 6) is -0.833. The van der Waals surface area contributed by atoms with Gasteiger partial charge in [0.2, 0.25) is 5.91 Å². The van der Waals surface area contributed by atoms with E-state index in [1.807, 2.05) is 24.3 Å². The lowest BCUT2D eigenvalue weighted by Crippen LogP contribution is -2.20. The zero-order chi connectivity index (χ0) is 17.8. The maximum atomic E-state index is 12.4. The van der Waals surface area contributed by atoms with E-state index < -0.39 is 5.97 Å². The Hall–Kier alpha value is -3.41. The van der Waals surface area contributed by atoms with Crippen LogP contribution in [0.1, 0.15) is 20.7 Å². The molecule has 6 nitrogen and oxygen atoms in total. The van der Waals surface area contributed by atoms with Gasteiger partial charge in [-0.15, -0.1) is 0 Å². The number of fused-ring (bicyclic) bond motifs is 1. The van der Waals surface area contributed by atoms with Crippen LogP contribution in [-0.4, -0.2) is 29.8 Å². The van der Waals surface area contributed by atoms with E-state index in [2.05, 4.69) is 5.32 Å². The van der Waals surface area contributed by atoms with E-state index >= 15 is 0 Å². The zero-order valence-corrected chi connectivity index (χ0v) is 13.6. The molecule has 25 heavy (non-hydrogen) atoms. The largest absolute Gasteiger partial charge is 0.465 e. The number of rotatable bonds is 5. The van der Waals surface area contributed by atoms with Gasteiger partial charge >= 0.3 is 5.97 Å². The first-order valence-electron chi connectivity index (χ1n) is 7.64. The molecular formula is C19H16N2O4. The van der Waals surface area contributed by atoms with Crippen LogP contribution in [0.4, 0.5) is 5.69 Å². The number of carbonyl (C=O) groups is 3. The number of hydrogen-bond acceptors (Lipinski definition) is 4. The van der Waals surface area contributed by atoms with Gasteiger partial charge in [0.25, 0.3) is 0 Å². The Morgan fingerprint density at radius 3 is 2.60 bits per heavy atom. The quantitative estimate of drug-likeness (QED) is 0.574. The van der Waals surface area contributed by atoms with E-state index in [9.17, 15) is 14.4 Å². The number of methoxy groups -OCH3 is 1. The standard InChI is InChI=1S/C19H16N2O4/c1-25-19(24)15-7-2-4-8-16(15)20-18(23)11-21-10-13(12-22)14-6-3-5-9-17(14)21/h2-10,12H,11H2,1H3,(H,20,23). The number of carbonyl (C=O) groups excluding carboxylic acids is 3. The van der Waals surface area contributed by atoms with E-state index in [0.29, 0.717) is 11.3 Å². The molecule has 1 N–H and O–H groups in total. The second kappa shape index (κ2) is 7.00. The normalized spacial score (nSPS) is 10.4. The minimum Gasteiger partial charge on any atom is -0.465 e. The summed E-state index contributed by atoms with van der Waals surface area (Å²) in [5, 5.41) is 3.51. The summed E-state index contributed by atoms with van der Waals surface area (Å²) < 4.78 is 6.42. The van der Waals surface area contributed by atoms with Crippen LogP contribution in [0.2, 0.25) is 0 Å². The first-order valence-corrected chi connectivity index (χ1v) is 7.64. The van der Waals surface area contributed by atoms with Crippen LogP contribution in [0.15, 0.2) is 54.7 Å². The molecule has 0 unspecified atom stereocenters. The highest BCUT2D eigenvalue weighted by atomic mass is 16.5. The van der Waals surface area contributed by atoms with Crippen LogP contribution in [-0.2, 0) is 16.1 Å². The number of aldehydes is 1. The van der Waals surface area contributed by atoms with E-state index in [4.69, 9.17) is 4.74 Å². The number of para-hydroxylation sites is 2. The third-order valence-electron chi connectivity index (χ3n) is 3.87. The molecule has 0 aliphatic heterocycles. The molecule has 6 heteroatoms. The molecular weight excluding hydrogens is 320 g/mol. The van der Waals surface area contributed by atoms with Gasteiger partial charge < -0.3 is 14.6 Å². The van der Waals surface area contributed by atoms with Crippen molar-refractivity contribution in [2.24, 2.45) is 0 Å². The molecule has 3 rings (SSSR count). The second-order valence-corrected chi connectivity index (χ2v) is 5.43. The maximum Gasteiger partial charge on any atom is 0.339 e. The van der Waals surface area contributed by atoms with E-state index in [1.165, 1.54) is 7.11 Å². The molecule has 0 atom stereocenters. The van der Waals surface area contributed by atoms with Crippen molar-refractivity contribution in [2.75, 3.05) is 12.4 Å². The Bertz CT molecular complexity index is 959. The maximum absolute atomic E-state index is 12.4. The molecule has 1 amide bonds. The molecule has 1 heterocycles. The number of hydrogen-bond donors (Lipinski definition) is 1. The molecule has 0 saturated heterocycles. The topological polar surface area (TPSA) is 77.4 Å². The van der Waals surface area contributed by atoms with Crippen LogP contribution in [0.5, 0.6) is 0 Å². The molecule has 0 bridgehead atoms. The number of esters is 1. The van der Waals surface area contributed by atoms with Crippen LogP contribution < -0.4 is 5.32 Å². The average Bonchev–Trinajstić information content (AvgIpc) is 2.99.